The van der Waals surface area contributed by atoms with E-state index >= 15 is 0 Å². The van der Waals surface area contributed by atoms with E-state index in [0.717, 1.165) is 32.4 Å². The van der Waals surface area contributed by atoms with Gasteiger partial charge >= 0.3 is 0 Å². The second kappa shape index (κ2) is 5.57. The van der Waals surface area contributed by atoms with Gasteiger partial charge in [0.2, 0.25) is 0 Å². The van der Waals surface area contributed by atoms with Crippen molar-refractivity contribution >= 4 is 66.5 Å². The Morgan fingerprint density at radius 3 is 2.80 bits per heavy atom. The second-order valence-electron chi connectivity index (χ2n) is 4.39. The Bertz CT molecular complexity index is 789. The topological polar surface area (TPSA) is 50.9 Å². The van der Waals surface area contributed by atoms with Crippen molar-refractivity contribution in [1.82, 2.24) is 4.98 Å². The van der Waals surface area contributed by atoms with E-state index in [1.165, 1.54) is 3.57 Å². The number of rotatable bonds is 2. The minimum absolute atomic E-state index is 0.724. The molecular weight excluding hydrogens is 429 g/mol. The molecule has 0 fully saturated rings. The zero-order valence-electron chi connectivity index (χ0n) is 10.4. The van der Waals surface area contributed by atoms with Crippen LogP contribution >= 0.6 is 38.5 Å². The summed E-state index contributed by atoms with van der Waals surface area (Å²) in [6.45, 7) is 0. The third-order valence-electron chi connectivity index (χ3n) is 2.95. The van der Waals surface area contributed by atoms with Gasteiger partial charge in [-0.25, -0.2) is 0 Å². The average Bonchev–Trinajstić information content (AvgIpc) is 2.42. The van der Waals surface area contributed by atoms with E-state index in [4.69, 9.17) is 5.73 Å². The molecule has 5 heteroatoms. The Morgan fingerprint density at radius 1 is 1.15 bits per heavy atom. The molecule has 0 radical (unpaired) electrons. The van der Waals surface area contributed by atoms with Gasteiger partial charge in [0.15, 0.2) is 0 Å². The molecule has 0 aliphatic carbocycles. The quantitative estimate of drug-likeness (QED) is 0.439. The molecule has 0 aliphatic heterocycles. The number of nitrogens with one attached hydrogen (secondary N) is 1. The van der Waals surface area contributed by atoms with Gasteiger partial charge in [0.25, 0.3) is 0 Å². The summed E-state index contributed by atoms with van der Waals surface area (Å²) in [5.41, 5.74) is 9.60. The minimum atomic E-state index is 0.724. The van der Waals surface area contributed by atoms with Gasteiger partial charge in [-0.2, -0.15) is 0 Å². The van der Waals surface area contributed by atoms with Crippen LogP contribution in [0.15, 0.2) is 53.1 Å². The summed E-state index contributed by atoms with van der Waals surface area (Å²) < 4.78 is 2.10. The highest BCUT2D eigenvalue weighted by atomic mass is 127. The van der Waals surface area contributed by atoms with Crippen LogP contribution in [-0.2, 0) is 0 Å². The zero-order valence-corrected chi connectivity index (χ0v) is 14.1. The Morgan fingerprint density at radius 2 is 2.00 bits per heavy atom. The second-order valence-corrected chi connectivity index (χ2v) is 6.55. The van der Waals surface area contributed by atoms with Crippen molar-refractivity contribution in [3.05, 3.63) is 56.7 Å². The summed E-state index contributed by atoms with van der Waals surface area (Å²) in [4.78, 5) is 4.47. The number of anilines is 3. The van der Waals surface area contributed by atoms with Crippen LogP contribution in [0.3, 0.4) is 0 Å². The molecule has 0 amide bonds. The van der Waals surface area contributed by atoms with E-state index < -0.39 is 0 Å². The molecule has 1 aromatic heterocycles. The Labute approximate surface area is 138 Å². The van der Waals surface area contributed by atoms with E-state index in [2.05, 4.69) is 61.0 Å². The first kappa shape index (κ1) is 13.6. The average molecular weight is 440 g/mol. The highest BCUT2D eigenvalue weighted by Crippen LogP contribution is 2.30. The Balaban J connectivity index is 2.10. The molecule has 20 heavy (non-hydrogen) atoms. The third-order valence-corrected chi connectivity index (χ3v) is 4.06. The number of nitrogen functional groups attached to an aromatic ring is 1. The van der Waals surface area contributed by atoms with Crippen molar-refractivity contribution in [2.24, 2.45) is 0 Å². The van der Waals surface area contributed by atoms with E-state index in [9.17, 15) is 0 Å². The smallest absolute Gasteiger partial charge is 0.0958 e. The lowest BCUT2D eigenvalue weighted by Crippen LogP contribution is -1.96. The molecule has 0 bridgehead atoms. The van der Waals surface area contributed by atoms with E-state index in [1.54, 1.807) is 6.20 Å². The lowest BCUT2D eigenvalue weighted by atomic mass is 10.1. The molecule has 0 aliphatic rings. The first-order valence-corrected chi connectivity index (χ1v) is 7.87. The lowest BCUT2D eigenvalue weighted by molar-refractivity contribution is 1.38. The van der Waals surface area contributed by atoms with Crippen LogP contribution in [0.5, 0.6) is 0 Å². The van der Waals surface area contributed by atoms with Crippen LogP contribution in [0, 0.1) is 3.57 Å². The predicted octanol–water partition coefficient (Wildman–Crippen LogP) is 4.93. The molecule has 3 N–H and O–H groups in total. The number of aromatic nitrogens is 1. The van der Waals surface area contributed by atoms with Crippen LogP contribution < -0.4 is 11.1 Å². The summed E-state index contributed by atoms with van der Waals surface area (Å²) in [5, 5.41) is 4.34. The minimum Gasteiger partial charge on any atom is -0.398 e. The third kappa shape index (κ3) is 2.73. The van der Waals surface area contributed by atoms with Crippen LogP contribution in [0.4, 0.5) is 17.1 Å². The number of fused-ring (bicyclic) bond motifs is 1. The molecule has 3 rings (SSSR count). The number of pyridine rings is 1. The van der Waals surface area contributed by atoms with Crippen molar-refractivity contribution in [1.29, 1.82) is 0 Å². The number of benzene rings is 2. The van der Waals surface area contributed by atoms with E-state index in [1.807, 2.05) is 30.3 Å². The molecule has 2 aromatic carbocycles. The fraction of sp³-hybridized carbons (Fsp3) is 0. The first-order valence-electron chi connectivity index (χ1n) is 6.00. The van der Waals surface area contributed by atoms with Gasteiger partial charge in [-0.3, -0.25) is 4.98 Å². The molecule has 3 nitrogen and oxygen atoms in total. The molecular formula is C15H11BrIN3. The molecule has 0 unspecified atom stereocenters. The monoisotopic (exact) mass is 439 g/mol. The lowest BCUT2D eigenvalue weighted by Gasteiger charge is -2.11. The number of halogens is 2. The van der Waals surface area contributed by atoms with Crippen LogP contribution in [0.2, 0.25) is 0 Å². The van der Waals surface area contributed by atoms with Gasteiger partial charge in [0.05, 0.1) is 11.2 Å². The summed E-state index contributed by atoms with van der Waals surface area (Å²) in [7, 11) is 0. The maximum absolute atomic E-state index is 6.02. The normalized spacial score (nSPS) is 10.7. The van der Waals surface area contributed by atoms with Crippen molar-refractivity contribution in [3.63, 3.8) is 0 Å². The van der Waals surface area contributed by atoms with Gasteiger partial charge in [0.1, 0.15) is 0 Å². The maximum Gasteiger partial charge on any atom is 0.0958 e. The number of hydrogen-bond donors (Lipinski definition) is 2. The standard InChI is InChI=1S/C15H11BrIN3/c16-9-6-12-13(18)4-5-14(15(12)19-8-9)20-11-3-1-2-10(17)7-11/h1-8,20H,18H2. The van der Waals surface area contributed by atoms with Gasteiger partial charge in [0, 0.05) is 31.0 Å². The fourth-order valence-corrected chi connectivity index (χ4v) is 2.91. The van der Waals surface area contributed by atoms with Crippen molar-refractivity contribution in [2.75, 3.05) is 11.1 Å². The van der Waals surface area contributed by atoms with Gasteiger partial charge < -0.3 is 11.1 Å². The summed E-state index contributed by atoms with van der Waals surface area (Å²) in [6, 6.07) is 14.0. The molecule has 1 heterocycles. The first-order chi connectivity index (χ1) is 9.63. The van der Waals surface area contributed by atoms with E-state index in [0.29, 0.717) is 0 Å². The molecule has 0 saturated carbocycles. The van der Waals surface area contributed by atoms with Crippen LogP contribution in [0.25, 0.3) is 10.9 Å². The van der Waals surface area contributed by atoms with Crippen molar-refractivity contribution in [3.8, 4) is 0 Å². The zero-order chi connectivity index (χ0) is 14.1. The maximum atomic E-state index is 6.02. The number of nitrogens with zero attached hydrogens (tertiary/aromatic N) is 1. The summed E-state index contributed by atoms with van der Waals surface area (Å²) in [6.07, 6.45) is 1.78. The van der Waals surface area contributed by atoms with Crippen molar-refractivity contribution < 1.29 is 0 Å². The highest BCUT2D eigenvalue weighted by Gasteiger charge is 2.07. The van der Waals surface area contributed by atoms with Crippen molar-refractivity contribution in [2.45, 2.75) is 0 Å². The number of nitrogens with two attached hydrogens (primary N) is 1. The largest absolute Gasteiger partial charge is 0.398 e. The van der Waals surface area contributed by atoms with Gasteiger partial charge in [-0.1, -0.05) is 6.07 Å². The highest BCUT2D eigenvalue weighted by molar-refractivity contribution is 14.1. The van der Waals surface area contributed by atoms with E-state index in [-0.39, 0.29) is 0 Å². The number of hydrogen-bond acceptors (Lipinski definition) is 3. The molecule has 3 aromatic rings. The SMILES string of the molecule is Nc1ccc(Nc2cccc(I)c2)c2ncc(Br)cc12. The van der Waals surface area contributed by atoms with Crippen LogP contribution in [-0.4, -0.2) is 4.98 Å². The van der Waals surface area contributed by atoms with Gasteiger partial charge in [-0.15, -0.1) is 0 Å². The molecule has 0 spiro atoms. The summed E-state index contributed by atoms with van der Waals surface area (Å²) >= 11 is 5.72. The Hall–Kier alpha value is -1.34. The summed E-state index contributed by atoms with van der Waals surface area (Å²) in [5.74, 6) is 0. The fourth-order valence-electron chi connectivity index (χ4n) is 2.04. The Kier molecular flexibility index (Phi) is 3.80. The predicted molar refractivity (Wildman–Crippen MR) is 96.3 cm³/mol. The van der Waals surface area contributed by atoms with Crippen LogP contribution in [0.1, 0.15) is 0 Å². The molecule has 0 atom stereocenters. The molecule has 100 valence electrons. The van der Waals surface area contributed by atoms with Gasteiger partial charge in [-0.05, 0) is 74.9 Å². The molecule has 0 saturated heterocycles.